The van der Waals surface area contributed by atoms with Gasteiger partial charge in [0.2, 0.25) is 0 Å². The van der Waals surface area contributed by atoms with Gasteiger partial charge in [0.1, 0.15) is 0 Å². The summed E-state index contributed by atoms with van der Waals surface area (Å²) in [6.07, 6.45) is 0. The van der Waals surface area contributed by atoms with E-state index in [2.05, 4.69) is 19.7 Å². The second-order valence-corrected chi connectivity index (χ2v) is 4.54. The van der Waals surface area contributed by atoms with Crippen molar-refractivity contribution < 1.29 is 19.1 Å². The van der Waals surface area contributed by atoms with Crippen LogP contribution in [-0.4, -0.2) is 26.2 Å². The average Bonchev–Trinajstić information content (AvgIpc) is 2.59. The summed E-state index contributed by atoms with van der Waals surface area (Å²) >= 11 is 0. The fourth-order valence-corrected chi connectivity index (χ4v) is 1.80. The maximum atomic E-state index is 11.7. The summed E-state index contributed by atoms with van der Waals surface area (Å²) in [4.78, 5) is 23.4. The van der Waals surface area contributed by atoms with Crippen LogP contribution in [0.25, 0.3) is 0 Å². The number of azo groups is 1. The summed E-state index contributed by atoms with van der Waals surface area (Å²) < 4.78 is 9.32. The minimum absolute atomic E-state index is 0.182. The molecule has 0 radical (unpaired) electrons. The first kappa shape index (κ1) is 16.2. The number of hydrogen-bond donors (Lipinski definition) is 1. The molecule has 2 aromatic rings. The molecule has 0 spiro atoms. The molecule has 2 N–H and O–H groups in total. The monoisotopic (exact) mass is 313 g/mol. The maximum absolute atomic E-state index is 11.7. The number of methoxy groups -OCH3 is 2. The van der Waals surface area contributed by atoms with Gasteiger partial charge in [0.15, 0.2) is 0 Å². The Labute approximate surface area is 132 Å². The van der Waals surface area contributed by atoms with Crippen molar-refractivity contribution in [3.05, 3.63) is 53.6 Å². The lowest BCUT2D eigenvalue weighted by atomic mass is 10.1. The molecule has 0 aromatic heterocycles. The number of nitrogens with two attached hydrogens (primary N) is 1. The highest BCUT2D eigenvalue weighted by molar-refractivity contribution is 5.96. The Hall–Kier alpha value is -3.22. The Balaban J connectivity index is 2.38. The van der Waals surface area contributed by atoms with Gasteiger partial charge < -0.3 is 15.2 Å². The van der Waals surface area contributed by atoms with E-state index in [9.17, 15) is 9.59 Å². The van der Waals surface area contributed by atoms with Gasteiger partial charge >= 0.3 is 11.9 Å². The van der Waals surface area contributed by atoms with Crippen LogP contribution in [0.5, 0.6) is 0 Å². The molecule has 0 fully saturated rings. The lowest BCUT2D eigenvalue weighted by Gasteiger charge is -2.04. The fourth-order valence-electron chi connectivity index (χ4n) is 1.80. The van der Waals surface area contributed by atoms with Crippen LogP contribution >= 0.6 is 0 Å². The van der Waals surface area contributed by atoms with E-state index in [1.807, 2.05) is 0 Å². The molecular weight excluding hydrogens is 298 g/mol. The predicted octanol–water partition coefficient (Wildman–Crippen LogP) is 3.26. The molecule has 0 unspecified atom stereocenters. The average molecular weight is 313 g/mol. The first-order chi connectivity index (χ1) is 11.0. The largest absolute Gasteiger partial charge is 0.465 e. The van der Waals surface area contributed by atoms with E-state index in [0.717, 1.165) is 0 Å². The van der Waals surface area contributed by atoms with Crippen molar-refractivity contribution in [1.82, 2.24) is 0 Å². The minimum atomic E-state index is -0.584. The van der Waals surface area contributed by atoms with E-state index in [-0.39, 0.29) is 11.1 Å². The Morgan fingerprint density at radius 2 is 1.30 bits per heavy atom. The van der Waals surface area contributed by atoms with Crippen molar-refractivity contribution in [3.63, 3.8) is 0 Å². The molecule has 0 saturated carbocycles. The highest BCUT2D eigenvalue weighted by Gasteiger charge is 2.13. The van der Waals surface area contributed by atoms with Gasteiger partial charge in [-0.2, -0.15) is 10.2 Å². The van der Waals surface area contributed by atoms with Gasteiger partial charge in [-0.3, -0.25) is 0 Å². The number of benzene rings is 2. The summed E-state index contributed by atoms with van der Waals surface area (Å²) in [5.41, 5.74) is 7.49. The third-order valence-corrected chi connectivity index (χ3v) is 2.93. The number of carbonyl (C=O) groups excluding carboxylic acids is 2. The van der Waals surface area contributed by atoms with E-state index in [1.54, 1.807) is 24.3 Å². The Kier molecular flexibility index (Phi) is 5.03. The van der Waals surface area contributed by atoms with Crippen molar-refractivity contribution >= 4 is 29.0 Å². The molecule has 0 aliphatic heterocycles. The van der Waals surface area contributed by atoms with Crippen LogP contribution in [0, 0.1) is 0 Å². The molecule has 7 heteroatoms. The van der Waals surface area contributed by atoms with E-state index in [4.69, 9.17) is 5.73 Å². The number of nitrogens with zero attached hydrogens (tertiary/aromatic N) is 2. The molecule has 7 nitrogen and oxygen atoms in total. The molecule has 0 amide bonds. The second-order valence-electron chi connectivity index (χ2n) is 4.54. The quantitative estimate of drug-likeness (QED) is 0.530. The smallest absolute Gasteiger partial charge is 0.337 e. The minimum Gasteiger partial charge on any atom is -0.465 e. The number of anilines is 1. The highest BCUT2D eigenvalue weighted by Crippen LogP contribution is 2.23. The van der Waals surface area contributed by atoms with Crippen LogP contribution in [-0.2, 0) is 9.47 Å². The normalized spacial score (nSPS) is 10.5. The summed E-state index contributed by atoms with van der Waals surface area (Å²) in [7, 11) is 2.51. The number of ether oxygens (including phenoxy) is 2. The molecule has 0 aliphatic carbocycles. The topological polar surface area (TPSA) is 103 Å². The zero-order chi connectivity index (χ0) is 16.8. The summed E-state index contributed by atoms with van der Waals surface area (Å²) in [6.45, 7) is 0. The zero-order valence-corrected chi connectivity index (χ0v) is 12.6. The Morgan fingerprint density at radius 3 is 1.78 bits per heavy atom. The number of nitrogen functional groups attached to an aromatic ring is 1. The molecule has 2 rings (SSSR count). The van der Waals surface area contributed by atoms with Crippen LogP contribution in [0.2, 0.25) is 0 Å². The van der Waals surface area contributed by atoms with Gasteiger partial charge in [-0.25, -0.2) is 9.59 Å². The first-order valence-electron chi connectivity index (χ1n) is 6.62. The van der Waals surface area contributed by atoms with Crippen molar-refractivity contribution in [1.29, 1.82) is 0 Å². The second kappa shape index (κ2) is 7.17. The van der Waals surface area contributed by atoms with Crippen molar-refractivity contribution in [2.75, 3.05) is 20.0 Å². The first-order valence-corrected chi connectivity index (χ1v) is 6.62. The lowest BCUT2D eigenvalue weighted by Crippen LogP contribution is -2.06. The molecular formula is C16H15N3O4. The molecule has 0 heterocycles. The van der Waals surface area contributed by atoms with Crippen molar-refractivity contribution in [3.8, 4) is 0 Å². The molecule has 2 aromatic carbocycles. The van der Waals surface area contributed by atoms with Crippen molar-refractivity contribution in [2.45, 2.75) is 0 Å². The molecule has 0 bridgehead atoms. The molecule has 23 heavy (non-hydrogen) atoms. The molecule has 118 valence electrons. The molecule has 0 atom stereocenters. The number of esters is 2. The van der Waals surface area contributed by atoms with Gasteiger partial charge in [0.25, 0.3) is 0 Å². The summed E-state index contributed by atoms with van der Waals surface area (Å²) in [5, 5.41) is 8.06. The van der Waals surface area contributed by atoms with Crippen LogP contribution in [0.3, 0.4) is 0 Å². The SMILES string of the molecule is COC(=O)c1cc(/N=N/c2ccc(N)cc2)cc(C(=O)OC)c1. The van der Waals surface area contributed by atoms with Crippen LogP contribution in [0.4, 0.5) is 17.1 Å². The fraction of sp³-hybridized carbons (Fsp3) is 0.125. The maximum Gasteiger partial charge on any atom is 0.337 e. The summed E-state index contributed by atoms with van der Waals surface area (Å²) in [6, 6.07) is 11.1. The summed E-state index contributed by atoms with van der Waals surface area (Å²) in [5.74, 6) is -1.17. The molecule has 0 saturated heterocycles. The van der Waals surface area contributed by atoms with Crippen molar-refractivity contribution in [2.24, 2.45) is 10.2 Å². The zero-order valence-electron chi connectivity index (χ0n) is 12.6. The van der Waals surface area contributed by atoms with E-state index >= 15 is 0 Å². The molecule has 0 aliphatic rings. The van der Waals surface area contributed by atoms with Gasteiger partial charge in [-0.05, 0) is 42.5 Å². The van der Waals surface area contributed by atoms with Gasteiger partial charge in [-0.15, -0.1) is 0 Å². The third kappa shape index (κ3) is 4.13. The number of hydrogen-bond acceptors (Lipinski definition) is 7. The van der Waals surface area contributed by atoms with Crippen LogP contribution in [0.1, 0.15) is 20.7 Å². The van der Waals surface area contributed by atoms with E-state index in [0.29, 0.717) is 17.1 Å². The van der Waals surface area contributed by atoms with E-state index in [1.165, 1.54) is 32.4 Å². The van der Waals surface area contributed by atoms with Crippen LogP contribution in [0.15, 0.2) is 52.7 Å². The Bertz CT molecular complexity index is 720. The van der Waals surface area contributed by atoms with Gasteiger partial charge in [-0.1, -0.05) is 0 Å². The van der Waals surface area contributed by atoms with Gasteiger partial charge in [0.05, 0.1) is 36.7 Å². The van der Waals surface area contributed by atoms with E-state index < -0.39 is 11.9 Å². The number of carbonyl (C=O) groups is 2. The number of rotatable bonds is 4. The third-order valence-electron chi connectivity index (χ3n) is 2.93. The standard InChI is InChI=1S/C16H15N3O4/c1-22-15(20)10-7-11(16(21)23-2)9-14(8-10)19-18-13-5-3-12(17)4-6-13/h3-9H,17H2,1-2H3/b19-18+. The Morgan fingerprint density at radius 1 is 0.826 bits per heavy atom. The lowest BCUT2D eigenvalue weighted by molar-refractivity contribution is 0.0599. The predicted molar refractivity (Wildman–Crippen MR) is 84.2 cm³/mol. The highest BCUT2D eigenvalue weighted by atomic mass is 16.5. The van der Waals surface area contributed by atoms with Crippen LogP contribution < -0.4 is 5.73 Å². The van der Waals surface area contributed by atoms with Gasteiger partial charge in [0, 0.05) is 5.69 Å².